The summed E-state index contributed by atoms with van der Waals surface area (Å²) >= 11 is 1.11. The molecule has 88 valence electrons. The van der Waals surface area contributed by atoms with Gasteiger partial charge in [-0.1, -0.05) is 11.3 Å². The van der Waals surface area contributed by atoms with Gasteiger partial charge in [-0.05, 0) is 13.0 Å². The first kappa shape index (κ1) is 12.6. The van der Waals surface area contributed by atoms with Crippen molar-refractivity contribution in [3.63, 3.8) is 0 Å². The zero-order chi connectivity index (χ0) is 12.1. The Kier molecular flexibility index (Phi) is 4.39. The van der Waals surface area contributed by atoms with Gasteiger partial charge in [0.2, 0.25) is 5.91 Å². The lowest BCUT2D eigenvalue weighted by Crippen LogP contribution is -2.40. The van der Waals surface area contributed by atoms with E-state index in [0.717, 1.165) is 16.2 Å². The van der Waals surface area contributed by atoms with E-state index in [0.29, 0.717) is 6.54 Å². The third-order valence-electron chi connectivity index (χ3n) is 2.05. The Morgan fingerprint density at radius 2 is 2.31 bits per heavy atom. The summed E-state index contributed by atoms with van der Waals surface area (Å²) in [6, 6.07) is 2.84. The lowest BCUT2D eigenvalue weighted by atomic mass is 10.3. The molecule has 1 aromatic heterocycles. The minimum atomic E-state index is -0.420. The number of nitro groups is 1. The average Bonchev–Trinajstić information content (AvgIpc) is 2.73. The molecule has 0 radical (unpaired) electrons. The van der Waals surface area contributed by atoms with Crippen molar-refractivity contribution in [2.75, 3.05) is 7.05 Å². The molecule has 0 fully saturated rings. The number of thiophene rings is 1. The quantitative estimate of drug-likeness (QED) is 0.594. The van der Waals surface area contributed by atoms with Gasteiger partial charge in [0.05, 0.1) is 11.0 Å². The van der Waals surface area contributed by atoms with Gasteiger partial charge in [-0.2, -0.15) is 0 Å². The number of carbonyl (C=O) groups excluding carboxylic acids is 1. The van der Waals surface area contributed by atoms with Crippen molar-refractivity contribution >= 4 is 22.2 Å². The van der Waals surface area contributed by atoms with Crippen molar-refractivity contribution in [1.29, 1.82) is 0 Å². The molecule has 0 bridgehead atoms. The molecule has 1 unspecified atom stereocenters. The molecule has 0 aromatic carbocycles. The van der Waals surface area contributed by atoms with Gasteiger partial charge in [-0.3, -0.25) is 14.9 Å². The zero-order valence-corrected chi connectivity index (χ0v) is 9.84. The first-order valence-corrected chi connectivity index (χ1v) is 5.54. The van der Waals surface area contributed by atoms with E-state index in [1.165, 1.54) is 6.07 Å². The van der Waals surface area contributed by atoms with Crippen LogP contribution in [0.1, 0.15) is 11.8 Å². The predicted octanol–water partition coefficient (Wildman–Crippen LogP) is 0.880. The number of amides is 1. The minimum absolute atomic E-state index is 0.106. The standard InChI is InChI=1S/C9H13N3O3S/c1-6(9(13)10-2)11-5-7-3-4-8(16-7)12(14)15/h3-4,6,11H,5H2,1-2H3,(H,10,13). The van der Waals surface area contributed by atoms with Crippen LogP contribution in [0.4, 0.5) is 5.00 Å². The summed E-state index contributed by atoms with van der Waals surface area (Å²) in [5.41, 5.74) is 0. The Bertz CT molecular complexity index is 391. The number of hydrogen-bond donors (Lipinski definition) is 2. The Hall–Kier alpha value is -1.47. The summed E-state index contributed by atoms with van der Waals surface area (Å²) in [6.07, 6.45) is 0. The summed E-state index contributed by atoms with van der Waals surface area (Å²) in [4.78, 5) is 22.0. The maximum Gasteiger partial charge on any atom is 0.324 e. The van der Waals surface area contributed by atoms with E-state index in [9.17, 15) is 14.9 Å². The highest BCUT2D eigenvalue weighted by molar-refractivity contribution is 7.15. The molecule has 1 heterocycles. The zero-order valence-electron chi connectivity index (χ0n) is 9.02. The highest BCUT2D eigenvalue weighted by Gasteiger charge is 2.12. The molecule has 1 amide bonds. The molecule has 0 aliphatic heterocycles. The van der Waals surface area contributed by atoms with E-state index in [2.05, 4.69) is 10.6 Å². The van der Waals surface area contributed by atoms with E-state index < -0.39 is 4.92 Å². The monoisotopic (exact) mass is 243 g/mol. The Morgan fingerprint density at radius 3 is 2.81 bits per heavy atom. The van der Waals surface area contributed by atoms with Crippen molar-refractivity contribution in [2.24, 2.45) is 0 Å². The second-order valence-corrected chi connectivity index (χ2v) is 4.36. The number of nitrogens with one attached hydrogen (secondary N) is 2. The van der Waals surface area contributed by atoms with Crippen LogP contribution in [0.25, 0.3) is 0 Å². The largest absolute Gasteiger partial charge is 0.358 e. The molecule has 2 N–H and O–H groups in total. The smallest absolute Gasteiger partial charge is 0.324 e. The van der Waals surface area contributed by atoms with Crippen LogP contribution in [0, 0.1) is 10.1 Å². The second kappa shape index (κ2) is 5.57. The predicted molar refractivity (Wildman–Crippen MR) is 61.3 cm³/mol. The summed E-state index contributed by atoms with van der Waals surface area (Å²) in [5.74, 6) is -0.106. The van der Waals surface area contributed by atoms with Crippen LogP contribution in [0.2, 0.25) is 0 Å². The molecule has 6 nitrogen and oxygen atoms in total. The van der Waals surface area contributed by atoms with Crippen LogP contribution >= 0.6 is 11.3 Å². The summed E-state index contributed by atoms with van der Waals surface area (Å²) in [6.45, 7) is 2.19. The van der Waals surface area contributed by atoms with Gasteiger partial charge in [0.1, 0.15) is 0 Å². The lowest BCUT2D eigenvalue weighted by Gasteiger charge is -2.10. The fourth-order valence-electron chi connectivity index (χ4n) is 1.12. The molecule has 7 heteroatoms. The molecule has 1 aromatic rings. The van der Waals surface area contributed by atoms with Crippen molar-refractivity contribution in [3.8, 4) is 0 Å². The number of rotatable bonds is 5. The van der Waals surface area contributed by atoms with E-state index >= 15 is 0 Å². The highest BCUT2D eigenvalue weighted by atomic mass is 32.1. The van der Waals surface area contributed by atoms with E-state index in [4.69, 9.17) is 0 Å². The third-order valence-corrected chi connectivity index (χ3v) is 3.09. The Morgan fingerprint density at radius 1 is 1.62 bits per heavy atom. The van der Waals surface area contributed by atoms with Crippen molar-refractivity contribution < 1.29 is 9.72 Å². The summed E-state index contributed by atoms with van der Waals surface area (Å²) in [5, 5.41) is 16.0. The fourth-order valence-corrected chi connectivity index (χ4v) is 1.89. The molecular weight excluding hydrogens is 230 g/mol. The van der Waals surface area contributed by atoms with Gasteiger partial charge in [-0.25, -0.2) is 0 Å². The van der Waals surface area contributed by atoms with E-state index in [1.54, 1.807) is 20.0 Å². The van der Waals surface area contributed by atoms with Gasteiger partial charge in [0.25, 0.3) is 0 Å². The molecule has 1 atom stereocenters. The van der Waals surface area contributed by atoms with Crippen LogP contribution in [-0.4, -0.2) is 23.9 Å². The van der Waals surface area contributed by atoms with E-state index in [-0.39, 0.29) is 17.0 Å². The van der Waals surface area contributed by atoms with Crippen LogP contribution in [0.15, 0.2) is 12.1 Å². The summed E-state index contributed by atoms with van der Waals surface area (Å²) < 4.78 is 0. The summed E-state index contributed by atoms with van der Waals surface area (Å²) in [7, 11) is 1.57. The van der Waals surface area contributed by atoms with Crippen molar-refractivity contribution in [3.05, 3.63) is 27.1 Å². The second-order valence-electron chi connectivity index (χ2n) is 3.21. The van der Waals surface area contributed by atoms with Gasteiger partial charge in [-0.15, -0.1) is 0 Å². The maximum atomic E-state index is 11.2. The van der Waals surface area contributed by atoms with Gasteiger partial charge in [0.15, 0.2) is 0 Å². The molecule has 0 spiro atoms. The molecule has 0 aliphatic carbocycles. The average molecular weight is 243 g/mol. The molecule has 0 saturated heterocycles. The first-order chi connectivity index (χ1) is 7.54. The van der Waals surface area contributed by atoms with Crippen LogP contribution in [0.3, 0.4) is 0 Å². The van der Waals surface area contributed by atoms with Crippen LogP contribution < -0.4 is 10.6 Å². The molecule has 16 heavy (non-hydrogen) atoms. The van der Waals surface area contributed by atoms with Gasteiger partial charge < -0.3 is 10.6 Å². The SMILES string of the molecule is CNC(=O)C(C)NCc1ccc([N+](=O)[O-])s1. The topological polar surface area (TPSA) is 84.3 Å². The van der Waals surface area contributed by atoms with Gasteiger partial charge >= 0.3 is 5.00 Å². The van der Waals surface area contributed by atoms with Crippen LogP contribution in [-0.2, 0) is 11.3 Å². The van der Waals surface area contributed by atoms with Gasteiger partial charge in [0, 0.05) is 24.5 Å². The first-order valence-electron chi connectivity index (χ1n) is 4.72. The molecular formula is C9H13N3O3S. The molecule has 0 saturated carbocycles. The maximum absolute atomic E-state index is 11.2. The van der Waals surface area contributed by atoms with Crippen molar-refractivity contribution in [1.82, 2.24) is 10.6 Å². The number of nitrogens with zero attached hydrogens (tertiary/aromatic N) is 1. The highest BCUT2D eigenvalue weighted by Crippen LogP contribution is 2.23. The number of carbonyl (C=O) groups is 1. The third kappa shape index (κ3) is 3.28. The normalized spacial score (nSPS) is 12.1. The lowest BCUT2D eigenvalue weighted by molar-refractivity contribution is -0.380. The number of likely N-dealkylation sites (N-methyl/N-ethyl adjacent to an activating group) is 1. The van der Waals surface area contributed by atoms with Crippen molar-refractivity contribution in [2.45, 2.75) is 19.5 Å². The molecule has 0 aliphatic rings. The molecule has 1 rings (SSSR count). The Labute approximate surface area is 96.8 Å². The minimum Gasteiger partial charge on any atom is -0.358 e. The van der Waals surface area contributed by atoms with Crippen LogP contribution in [0.5, 0.6) is 0 Å². The number of hydrogen-bond acceptors (Lipinski definition) is 5. The fraction of sp³-hybridized carbons (Fsp3) is 0.444. The Balaban J connectivity index is 2.48. The van der Waals surface area contributed by atoms with E-state index in [1.807, 2.05) is 0 Å².